The Balaban J connectivity index is 3.26. The second-order valence-electron chi connectivity index (χ2n) is 2.02. The fraction of sp³-hybridized carbons (Fsp3) is 0. The SMILES string of the molecule is C=Cc1nc(C=C)nc(C=C)n1. The number of hydrogen-bond donors (Lipinski definition) is 0. The van der Waals surface area contributed by atoms with Gasteiger partial charge < -0.3 is 0 Å². The zero-order valence-electron chi connectivity index (χ0n) is 6.70. The predicted octanol–water partition coefficient (Wildman–Crippen LogP) is 1.80. The minimum Gasteiger partial charge on any atom is -0.210 e. The maximum atomic E-state index is 4.01. The van der Waals surface area contributed by atoms with Gasteiger partial charge in [-0.05, 0) is 18.2 Å². The van der Waals surface area contributed by atoms with Gasteiger partial charge in [-0.15, -0.1) is 0 Å². The van der Waals surface area contributed by atoms with Gasteiger partial charge in [-0.1, -0.05) is 19.7 Å². The Morgan fingerprint density at radius 2 is 0.917 bits per heavy atom. The quantitative estimate of drug-likeness (QED) is 0.675. The molecule has 0 atom stereocenters. The Hall–Kier alpha value is -1.77. The van der Waals surface area contributed by atoms with Gasteiger partial charge in [0, 0.05) is 0 Å². The Morgan fingerprint density at radius 1 is 0.667 bits per heavy atom. The molecule has 1 rings (SSSR count). The van der Waals surface area contributed by atoms with Crippen molar-refractivity contribution in [3.63, 3.8) is 0 Å². The van der Waals surface area contributed by atoms with Crippen LogP contribution in [-0.4, -0.2) is 15.0 Å². The van der Waals surface area contributed by atoms with E-state index in [0.717, 1.165) is 0 Å². The molecule has 0 saturated carbocycles. The molecule has 0 N–H and O–H groups in total. The third-order valence-corrected chi connectivity index (χ3v) is 1.24. The van der Waals surface area contributed by atoms with Gasteiger partial charge in [0.25, 0.3) is 0 Å². The molecule has 0 radical (unpaired) electrons. The van der Waals surface area contributed by atoms with E-state index in [2.05, 4.69) is 34.7 Å². The molecule has 1 aromatic rings. The van der Waals surface area contributed by atoms with Crippen LogP contribution in [0.2, 0.25) is 0 Å². The minimum absolute atomic E-state index is 0.537. The lowest BCUT2D eigenvalue weighted by Crippen LogP contribution is -1.97. The van der Waals surface area contributed by atoms with Gasteiger partial charge in [-0.25, -0.2) is 15.0 Å². The van der Waals surface area contributed by atoms with Crippen LogP contribution in [0.3, 0.4) is 0 Å². The molecule has 1 aromatic heterocycles. The van der Waals surface area contributed by atoms with Crippen LogP contribution in [0.15, 0.2) is 19.7 Å². The molecule has 60 valence electrons. The first-order valence-corrected chi connectivity index (χ1v) is 3.43. The van der Waals surface area contributed by atoms with Crippen molar-refractivity contribution in [1.29, 1.82) is 0 Å². The maximum Gasteiger partial charge on any atom is 0.156 e. The Morgan fingerprint density at radius 3 is 1.08 bits per heavy atom. The molecule has 0 amide bonds. The van der Waals surface area contributed by atoms with Crippen LogP contribution >= 0.6 is 0 Å². The molecule has 0 saturated heterocycles. The van der Waals surface area contributed by atoms with Gasteiger partial charge in [-0.2, -0.15) is 0 Å². The highest BCUT2D eigenvalue weighted by molar-refractivity contribution is 5.46. The molecule has 12 heavy (non-hydrogen) atoms. The minimum atomic E-state index is 0.537. The first kappa shape index (κ1) is 8.33. The zero-order valence-corrected chi connectivity index (χ0v) is 6.70. The van der Waals surface area contributed by atoms with E-state index in [9.17, 15) is 0 Å². The van der Waals surface area contributed by atoms with Gasteiger partial charge in [-0.3, -0.25) is 0 Å². The van der Waals surface area contributed by atoms with Crippen LogP contribution in [-0.2, 0) is 0 Å². The van der Waals surface area contributed by atoms with Crippen molar-refractivity contribution >= 4 is 18.2 Å². The molecule has 0 aliphatic heterocycles. The van der Waals surface area contributed by atoms with Crippen molar-refractivity contribution in [3.05, 3.63) is 37.2 Å². The second-order valence-corrected chi connectivity index (χ2v) is 2.02. The number of rotatable bonds is 3. The number of hydrogen-bond acceptors (Lipinski definition) is 3. The van der Waals surface area contributed by atoms with E-state index < -0.39 is 0 Å². The molecule has 0 fully saturated rings. The van der Waals surface area contributed by atoms with E-state index in [1.165, 1.54) is 0 Å². The molecule has 1 heterocycles. The third-order valence-electron chi connectivity index (χ3n) is 1.24. The lowest BCUT2D eigenvalue weighted by Gasteiger charge is -1.96. The van der Waals surface area contributed by atoms with Crippen LogP contribution in [0.5, 0.6) is 0 Å². The summed E-state index contributed by atoms with van der Waals surface area (Å²) in [4.78, 5) is 12.0. The van der Waals surface area contributed by atoms with Crippen LogP contribution in [0.4, 0.5) is 0 Å². The van der Waals surface area contributed by atoms with Gasteiger partial charge in [0.05, 0.1) is 0 Å². The zero-order chi connectivity index (χ0) is 8.97. The smallest absolute Gasteiger partial charge is 0.156 e. The number of aromatic nitrogens is 3. The van der Waals surface area contributed by atoms with Crippen molar-refractivity contribution in [1.82, 2.24) is 15.0 Å². The molecule has 3 heteroatoms. The summed E-state index contributed by atoms with van der Waals surface area (Å²) >= 11 is 0. The highest BCUT2D eigenvalue weighted by Gasteiger charge is 1.97. The van der Waals surface area contributed by atoms with Crippen molar-refractivity contribution in [2.75, 3.05) is 0 Å². The Kier molecular flexibility index (Phi) is 2.48. The normalized spacial score (nSPS) is 9.00. The molecule has 0 unspecified atom stereocenters. The van der Waals surface area contributed by atoms with Crippen molar-refractivity contribution in [2.24, 2.45) is 0 Å². The molecule has 0 spiro atoms. The molecular formula is C9H9N3. The highest BCUT2D eigenvalue weighted by atomic mass is 15.0. The van der Waals surface area contributed by atoms with Crippen LogP contribution < -0.4 is 0 Å². The van der Waals surface area contributed by atoms with Crippen LogP contribution in [0, 0.1) is 0 Å². The summed E-state index contributed by atoms with van der Waals surface area (Å²) < 4.78 is 0. The molecule has 0 aliphatic carbocycles. The van der Waals surface area contributed by atoms with Gasteiger partial charge in [0.1, 0.15) is 0 Å². The molecule has 3 nitrogen and oxygen atoms in total. The van der Waals surface area contributed by atoms with Crippen LogP contribution in [0.25, 0.3) is 18.2 Å². The van der Waals surface area contributed by atoms with Gasteiger partial charge >= 0.3 is 0 Å². The lowest BCUT2D eigenvalue weighted by atomic mass is 10.5. The Labute approximate surface area is 71.2 Å². The first-order valence-electron chi connectivity index (χ1n) is 3.43. The average Bonchev–Trinajstić information content (AvgIpc) is 2.16. The van der Waals surface area contributed by atoms with Gasteiger partial charge in [0.15, 0.2) is 17.5 Å². The first-order chi connectivity index (χ1) is 5.80. The van der Waals surface area contributed by atoms with Crippen LogP contribution in [0.1, 0.15) is 17.5 Å². The largest absolute Gasteiger partial charge is 0.210 e. The highest BCUT2D eigenvalue weighted by Crippen LogP contribution is 1.99. The summed E-state index contributed by atoms with van der Waals surface area (Å²) in [6.07, 6.45) is 4.67. The van der Waals surface area contributed by atoms with E-state index in [-0.39, 0.29) is 0 Å². The maximum absolute atomic E-state index is 4.01. The van der Waals surface area contributed by atoms with E-state index in [1.807, 2.05) is 0 Å². The molecule has 0 aliphatic rings. The van der Waals surface area contributed by atoms with E-state index in [1.54, 1.807) is 18.2 Å². The van der Waals surface area contributed by atoms with Gasteiger partial charge in [0.2, 0.25) is 0 Å². The fourth-order valence-electron chi connectivity index (χ4n) is 0.701. The monoisotopic (exact) mass is 159 g/mol. The second kappa shape index (κ2) is 3.57. The topological polar surface area (TPSA) is 38.7 Å². The molecule has 0 aromatic carbocycles. The standard InChI is InChI=1S/C9H9N3/c1-4-7-10-8(5-2)12-9(6-3)11-7/h4-6H,1-3H2. The summed E-state index contributed by atoms with van der Waals surface area (Å²) in [7, 11) is 0. The third kappa shape index (κ3) is 1.63. The van der Waals surface area contributed by atoms with E-state index in [0.29, 0.717) is 17.5 Å². The summed E-state index contributed by atoms with van der Waals surface area (Å²) in [5.41, 5.74) is 0. The average molecular weight is 159 g/mol. The predicted molar refractivity (Wildman–Crippen MR) is 50.1 cm³/mol. The summed E-state index contributed by atoms with van der Waals surface area (Å²) in [5.74, 6) is 1.61. The van der Waals surface area contributed by atoms with Crippen molar-refractivity contribution in [3.8, 4) is 0 Å². The Bertz CT molecular complexity index is 264. The summed E-state index contributed by atoms with van der Waals surface area (Å²) in [6, 6.07) is 0. The van der Waals surface area contributed by atoms with E-state index >= 15 is 0 Å². The van der Waals surface area contributed by atoms with Crippen molar-refractivity contribution < 1.29 is 0 Å². The van der Waals surface area contributed by atoms with E-state index in [4.69, 9.17) is 0 Å². The van der Waals surface area contributed by atoms with Crippen molar-refractivity contribution in [2.45, 2.75) is 0 Å². The number of nitrogens with zero attached hydrogens (tertiary/aromatic N) is 3. The molecule has 0 bridgehead atoms. The summed E-state index contributed by atoms with van der Waals surface area (Å²) in [6.45, 7) is 10.7. The lowest BCUT2D eigenvalue weighted by molar-refractivity contribution is 0.991. The fourth-order valence-corrected chi connectivity index (χ4v) is 0.701. The molecular weight excluding hydrogens is 150 g/mol. The summed E-state index contributed by atoms with van der Waals surface area (Å²) in [5, 5.41) is 0.